The highest BCUT2D eigenvalue weighted by Gasteiger charge is 2.30. The standard InChI is InChI=1S/C25H23NO7S/c1-31-21-8-4-9-22-24(21)19-12-11-17(26-34(2,29)30)15-20(19)25(33-22)16-6-3-7-18(14-16)32-13-5-10-23(27)28/h3-12,14-15,25-26H,13H2,1-2H3,(H,27,28)/b10-5+. The fourth-order valence-corrected chi connectivity index (χ4v) is 4.38. The average Bonchev–Trinajstić information content (AvgIpc) is 2.79. The van der Waals surface area contributed by atoms with Crippen LogP contribution in [0.3, 0.4) is 0 Å². The molecule has 9 heteroatoms. The van der Waals surface area contributed by atoms with E-state index in [4.69, 9.17) is 19.3 Å². The van der Waals surface area contributed by atoms with Gasteiger partial charge in [0, 0.05) is 22.9 Å². The number of methoxy groups -OCH3 is 1. The van der Waals surface area contributed by atoms with Gasteiger partial charge in [-0.3, -0.25) is 4.72 Å². The number of fused-ring (bicyclic) bond motifs is 3. The lowest BCUT2D eigenvalue weighted by molar-refractivity contribution is -0.131. The maximum absolute atomic E-state index is 11.8. The molecular weight excluding hydrogens is 458 g/mol. The van der Waals surface area contributed by atoms with Gasteiger partial charge in [0.1, 0.15) is 30.0 Å². The van der Waals surface area contributed by atoms with Crippen molar-refractivity contribution in [3.05, 3.63) is 83.9 Å². The fraction of sp³-hybridized carbons (Fsp3) is 0.160. The van der Waals surface area contributed by atoms with Crippen LogP contribution in [0.1, 0.15) is 17.2 Å². The zero-order chi connectivity index (χ0) is 24.3. The molecule has 0 spiro atoms. The molecule has 0 bridgehead atoms. The number of sulfonamides is 1. The van der Waals surface area contributed by atoms with E-state index in [2.05, 4.69) is 4.72 Å². The first-order chi connectivity index (χ1) is 16.2. The van der Waals surface area contributed by atoms with Gasteiger partial charge in [0.05, 0.1) is 18.9 Å². The third kappa shape index (κ3) is 5.15. The van der Waals surface area contributed by atoms with Crippen LogP contribution in [0, 0.1) is 0 Å². The molecule has 1 aliphatic rings. The third-order valence-corrected chi connectivity index (χ3v) is 5.73. The Morgan fingerprint density at radius 3 is 2.68 bits per heavy atom. The number of rotatable bonds is 8. The van der Waals surface area contributed by atoms with E-state index in [1.54, 1.807) is 25.3 Å². The van der Waals surface area contributed by atoms with Gasteiger partial charge >= 0.3 is 5.97 Å². The Bertz CT molecular complexity index is 1370. The SMILES string of the molecule is COc1cccc2c1-c1ccc(NS(C)(=O)=O)cc1C(c1cccc(OC/C=C/C(=O)O)c1)O2. The first-order valence-corrected chi connectivity index (χ1v) is 12.2. The minimum Gasteiger partial charge on any atom is -0.496 e. The van der Waals surface area contributed by atoms with Crippen molar-refractivity contribution in [2.24, 2.45) is 0 Å². The molecule has 0 amide bonds. The topological polar surface area (TPSA) is 111 Å². The van der Waals surface area contributed by atoms with Crippen molar-refractivity contribution in [2.45, 2.75) is 6.10 Å². The molecule has 0 saturated carbocycles. The van der Waals surface area contributed by atoms with Gasteiger partial charge in [0.15, 0.2) is 0 Å². The van der Waals surface area contributed by atoms with Gasteiger partial charge in [0.2, 0.25) is 10.0 Å². The van der Waals surface area contributed by atoms with Crippen molar-refractivity contribution >= 4 is 21.7 Å². The number of nitrogens with one attached hydrogen (secondary N) is 1. The van der Waals surface area contributed by atoms with Crippen LogP contribution < -0.4 is 18.9 Å². The molecule has 176 valence electrons. The minimum absolute atomic E-state index is 0.0975. The monoisotopic (exact) mass is 481 g/mol. The Kier molecular flexibility index (Phi) is 6.47. The smallest absolute Gasteiger partial charge is 0.328 e. The van der Waals surface area contributed by atoms with Crippen molar-refractivity contribution in [1.29, 1.82) is 0 Å². The number of hydrogen-bond acceptors (Lipinski definition) is 6. The molecule has 0 aromatic heterocycles. The van der Waals surface area contributed by atoms with Crippen molar-refractivity contribution in [2.75, 3.05) is 24.7 Å². The van der Waals surface area contributed by atoms with Crippen LogP contribution in [0.4, 0.5) is 5.69 Å². The molecule has 0 saturated heterocycles. The van der Waals surface area contributed by atoms with Gasteiger partial charge in [-0.05, 0) is 48.0 Å². The van der Waals surface area contributed by atoms with E-state index in [1.165, 1.54) is 6.08 Å². The van der Waals surface area contributed by atoms with Crippen LogP contribution in [0.15, 0.2) is 72.8 Å². The molecule has 1 aliphatic heterocycles. The Morgan fingerprint density at radius 2 is 1.94 bits per heavy atom. The lowest BCUT2D eigenvalue weighted by Gasteiger charge is -2.30. The zero-order valence-electron chi connectivity index (χ0n) is 18.5. The van der Waals surface area contributed by atoms with Crippen molar-refractivity contribution in [3.8, 4) is 28.4 Å². The van der Waals surface area contributed by atoms with Gasteiger partial charge in [0.25, 0.3) is 0 Å². The second-order valence-corrected chi connectivity index (χ2v) is 9.38. The van der Waals surface area contributed by atoms with Crippen molar-refractivity contribution in [3.63, 3.8) is 0 Å². The van der Waals surface area contributed by atoms with Crippen molar-refractivity contribution < 1.29 is 32.5 Å². The first kappa shape index (κ1) is 23.2. The van der Waals surface area contributed by atoms with Crippen LogP contribution >= 0.6 is 0 Å². The normalized spacial score (nSPS) is 14.6. The lowest BCUT2D eigenvalue weighted by atomic mass is 9.88. The summed E-state index contributed by atoms with van der Waals surface area (Å²) < 4.78 is 43.7. The van der Waals surface area contributed by atoms with E-state index in [9.17, 15) is 13.2 Å². The lowest BCUT2D eigenvalue weighted by Crippen LogP contribution is -2.17. The van der Waals surface area contributed by atoms with Crippen LogP contribution in [0.2, 0.25) is 0 Å². The summed E-state index contributed by atoms with van der Waals surface area (Å²) in [6, 6.07) is 18.1. The quantitative estimate of drug-likeness (QED) is 0.463. The number of carboxylic acid groups (broad SMARTS) is 1. The molecule has 3 aromatic rings. The van der Waals surface area contributed by atoms with Crippen LogP contribution in [-0.4, -0.2) is 39.5 Å². The second-order valence-electron chi connectivity index (χ2n) is 7.63. The number of benzene rings is 3. The summed E-state index contributed by atoms with van der Waals surface area (Å²) in [5, 5.41) is 8.72. The van der Waals surface area contributed by atoms with Gasteiger partial charge < -0.3 is 19.3 Å². The highest BCUT2D eigenvalue weighted by atomic mass is 32.2. The summed E-state index contributed by atoms with van der Waals surface area (Å²) in [7, 11) is -1.88. The number of anilines is 1. The highest BCUT2D eigenvalue weighted by molar-refractivity contribution is 7.92. The molecule has 0 aliphatic carbocycles. The average molecular weight is 482 g/mol. The summed E-state index contributed by atoms with van der Waals surface area (Å²) in [5.74, 6) is 0.774. The summed E-state index contributed by atoms with van der Waals surface area (Å²) in [6.45, 7) is 0.0975. The van der Waals surface area contributed by atoms with E-state index in [-0.39, 0.29) is 6.61 Å². The molecule has 1 atom stereocenters. The zero-order valence-corrected chi connectivity index (χ0v) is 19.3. The number of ether oxygens (including phenoxy) is 3. The van der Waals surface area contributed by atoms with Gasteiger partial charge in [-0.2, -0.15) is 0 Å². The largest absolute Gasteiger partial charge is 0.496 e. The Morgan fingerprint density at radius 1 is 1.15 bits per heavy atom. The maximum atomic E-state index is 11.8. The highest BCUT2D eigenvalue weighted by Crippen LogP contribution is 2.49. The number of carbonyl (C=O) groups is 1. The predicted molar refractivity (Wildman–Crippen MR) is 128 cm³/mol. The van der Waals surface area contributed by atoms with Crippen LogP contribution in [0.25, 0.3) is 11.1 Å². The fourth-order valence-electron chi connectivity index (χ4n) is 3.83. The molecule has 3 aromatic carbocycles. The van der Waals surface area contributed by atoms with E-state index >= 15 is 0 Å². The molecule has 2 N–H and O–H groups in total. The number of aliphatic carboxylic acids is 1. The molecule has 34 heavy (non-hydrogen) atoms. The Hall–Kier alpha value is -3.98. The van der Waals surface area contributed by atoms with Crippen LogP contribution in [0.5, 0.6) is 17.2 Å². The molecular formula is C25H23NO7S. The summed E-state index contributed by atoms with van der Waals surface area (Å²) >= 11 is 0. The van der Waals surface area contributed by atoms with Gasteiger partial charge in [-0.15, -0.1) is 0 Å². The molecule has 4 rings (SSSR count). The van der Waals surface area contributed by atoms with E-state index in [0.717, 1.165) is 34.6 Å². The Balaban J connectivity index is 1.76. The van der Waals surface area contributed by atoms with Crippen molar-refractivity contribution in [1.82, 2.24) is 0 Å². The van der Waals surface area contributed by atoms with Gasteiger partial charge in [-0.1, -0.05) is 24.3 Å². The van der Waals surface area contributed by atoms with E-state index < -0.39 is 22.1 Å². The number of carboxylic acids is 1. The minimum atomic E-state index is -3.47. The molecule has 8 nitrogen and oxygen atoms in total. The van der Waals surface area contributed by atoms with Crippen LogP contribution in [-0.2, 0) is 14.8 Å². The molecule has 1 unspecified atom stereocenters. The molecule has 0 fully saturated rings. The predicted octanol–water partition coefficient (Wildman–Crippen LogP) is 4.24. The molecule has 1 heterocycles. The third-order valence-electron chi connectivity index (χ3n) is 5.13. The Labute approximate surface area is 197 Å². The maximum Gasteiger partial charge on any atom is 0.328 e. The summed E-state index contributed by atoms with van der Waals surface area (Å²) in [6.07, 6.45) is 2.98. The van der Waals surface area contributed by atoms with Gasteiger partial charge in [-0.25, -0.2) is 13.2 Å². The van der Waals surface area contributed by atoms with E-state index in [0.29, 0.717) is 22.9 Å². The summed E-state index contributed by atoms with van der Waals surface area (Å²) in [5.41, 5.74) is 3.60. The molecule has 0 radical (unpaired) electrons. The number of hydrogen-bond donors (Lipinski definition) is 2. The first-order valence-electron chi connectivity index (χ1n) is 10.3. The van der Waals surface area contributed by atoms with E-state index in [1.807, 2.05) is 42.5 Å². The summed E-state index contributed by atoms with van der Waals surface area (Å²) in [4.78, 5) is 10.6. The second kappa shape index (κ2) is 9.48.